The molecule has 8 heteroatoms. The van der Waals surface area contributed by atoms with Gasteiger partial charge in [0.05, 0.1) is 17.6 Å². The number of rotatable bonds is 5. The normalized spacial score (nSPS) is 11.0. The van der Waals surface area contributed by atoms with E-state index in [1.807, 2.05) is 30.3 Å². The first-order valence-corrected chi connectivity index (χ1v) is 9.94. The van der Waals surface area contributed by atoms with Crippen LogP contribution in [0.4, 0.5) is 5.69 Å². The number of benzene rings is 2. The van der Waals surface area contributed by atoms with Gasteiger partial charge in [-0.2, -0.15) is 10.2 Å². The fraction of sp³-hybridized carbons (Fsp3) is 0.182. The average molecular weight is 422 g/mol. The van der Waals surface area contributed by atoms with Gasteiger partial charge in [-0.3, -0.25) is 9.59 Å². The first-order chi connectivity index (χ1) is 14.5. The van der Waals surface area contributed by atoms with Gasteiger partial charge < -0.3 is 5.32 Å². The zero-order valence-corrected chi connectivity index (χ0v) is 17.3. The molecule has 4 aromatic rings. The van der Waals surface area contributed by atoms with Crippen molar-refractivity contribution in [2.24, 2.45) is 0 Å². The minimum atomic E-state index is -0.399. The largest absolute Gasteiger partial charge is 0.324 e. The lowest BCUT2D eigenvalue weighted by Crippen LogP contribution is -2.31. The van der Waals surface area contributed by atoms with Gasteiger partial charge in [-0.05, 0) is 49.2 Å². The molecule has 2 aromatic carbocycles. The predicted molar refractivity (Wildman–Crippen MR) is 117 cm³/mol. The molecular formula is C22H20ClN5O2. The van der Waals surface area contributed by atoms with Crippen LogP contribution >= 0.6 is 11.6 Å². The second-order valence-corrected chi connectivity index (χ2v) is 7.38. The molecule has 0 unspecified atom stereocenters. The zero-order chi connectivity index (χ0) is 21.3. The highest BCUT2D eigenvalue weighted by molar-refractivity contribution is 6.30. The van der Waals surface area contributed by atoms with Gasteiger partial charge in [0.2, 0.25) is 5.91 Å². The highest BCUT2D eigenvalue weighted by Gasteiger charge is 2.17. The van der Waals surface area contributed by atoms with Crippen LogP contribution in [0.2, 0.25) is 5.02 Å². The smallest absolute Gasteiger partial charge is 0.293 e. The maximum Gasteiger partial charge on any atom is 0.293 e. The standard InChI is InChI=1S/C22H20ClN5O2/c1-3-15-7-9-17(10-8-15)25-20(29)13-27-22(30)21-19(14(2)26-27)12-24-28(21)18-6-4-5-16(23)11-18/h4-12H,3,13H2,1-2H3,(H,25,29). The van der Waals surface area contributed by atoms with E-state index in [1.54, 1.807) is 31.3 Å². The van der Waals surface area contributed by atoms with Crippen molar-refractivity contribution in [1.29, 1.82) is 0 Å². The molecule has 30 heavy (non-hydrogen) atoms. The van der Waals surface area contributed by atoms with Crippen LogP contribution in [0.1, 0.15) is 18.2 Å². The second-order valence-electron chi connectivity index (χ2n) is 6.95. The van der Waals surface area contributed by atoms with Crippen molar-refractivity contribution in [3.8, 4) is 5.69 Å². The number of carbonyl (C=O) groups excluding carboxylic acids is 1. The first-order valence-electron chi connectivity index (χ1n) is 9.56. The van der Waals surface area contributed by atoms with Crippen LogP contribution in [0.3, 0.4) is 0 Å². The Balaban J connectivity index is 1.67. The number of amides is 1. The first kappa shape index (κ1) is 19.8. The number of halogens is 1. The van der Waals surface area contributed by atoms with Gasteiger partial charge >= 0.3 is 0 Å². The van der Waals surface area contributed by atoms with Crippen molar-refractivity contribution in [2.75, 3.05) is 5.32 Å². The van der Waals surface area contributed by atoms with Gasteiger partial charge in [0.15, 0.2) is 0 Å². The number of anilines is 1. The third-order valence-electron chi connectivity index (χ3n) is 4.86. The summed E-state index contributed by atoms with van der Waals surface area (Å²) in [6.45, 7) is 3.65. The fourth-order valence-electron chi connectivity index (χ4n) is 3.29. The molecule has 0 aliphatic rings. The van der Waals surface area contributed by atoms with Gasteiger partial charge in [-0.25, -0.2) is 9.36 Å². The summed E-state index contributed by atoms with van der Waals surface area (Å²) in [6, 6.07) is 14.7. The summed E-state index contributed by atoms with van der Waals surface area (Å²) in [5.74, 6) is -0.332. The minimum absolute atomic E-state index is 0.203. The van der Waals surface area contributed by atoms with E-state index in [1.165, 1.54) is 10.2 Å². The van der Waals surface area contributed by atoms with Crippen molar-refractivity contribution in [3.05, 3.63) is 81.4 Å². The molecule has 0 bridgehead atoms. The van der Waals surface area contributed by atoms with E-state index >= 15 is 0 Å². The van der Waals surface area contributed by atoms with Crippen LogP contribution in [0.5, 0.6) is 0 Å². The van der Waals surface area contributed by atoms with E-state index < -0.39 is 5.56 Å². The van der Waals surface area contributed by atoms with E-state index in [4.69, 9.17) is 11.6 Å². The molecule has 2 aromatic heterocycles. The van der Waals surface area contributed by atoms with Gasteiger partial charge in [-0.1, -0.05) is 36.7 Å². The van der Waals surface area contributed by atoms with Crippen LogP contribution < -0.4 is 10.9 Å². The molecule has 1 amide bonds. The molecule has 7 nitrogen and oxygen atoms in total. The Hall–Kier alpha value is -3.45. The van der Waals surface area contributed by atoms with Gasteiger partial charge in [-0.15, -0.1) is 0 Å². The average Bonchev–Trinajstić information content (AvgIpc) is 3.18. The number of nitrogens with zero attached hydrogens (tertiary/aromatic N) is 4. The Morgan fingerprint density at radius 1 is 1.17 bits per heavy atom. The highest BCUT2D eigenvalue weighted by atomic mass is 35.5. The number of aryl methyl sites for hydroxylation is 2. The summed E-state index contributed by atoms with van der Waals surface area (Å²) in [5.41, 5.74) is 3.08. The number of fused-ring (bicyclic) bond motifs is 1. The van der Waals surface area contributed by atoms with E-state index in [9.17, 15) is 9.59 Å². The van der Waals surface area contributed by atoms with E-state index in [-0.39, 0.29) is 12.5 Å². The van der Waals surface area contributed by atoms with E-state index in [0.717, 1.165) is 11.1 Å². The molecule has 0 radical (unpaired) electrons. The number of aromatic nitrogens is 4. The van der Waals surface area contributed by atoms with Crippen LogP contribution in [-0.4, -0.2) is 25.5 Å². The van der Waals surface area contributed by atoms with Crippen molar-refractivity contribution in [1.82, 2.24) is 19.6 Å². The van der Waals surface area contributed by atoms with E-state index in [0.29, 0.717) is 33.0 Å². The van der Waals surface area contributed by atoms with Crippen LogP contribution in [0, 0.1) is 6.92 Å². The summed E-state index contributed by atoms with van der Waals surface area (Å²) in [7, 11) is 0. The van der Waals surface area contributed by atoms with Gasteiger partial charge in [0.25, 0.3) is 5.56 Å². The molecule has 0 atom stereocenters. The SMILES string of the molecule is CCc1ccc(NC(=O)Cn2nc(C)c3cnn(-c4cccc(Cl)c4)c3c2=O)cc1. The molecule has 1 N–H and O–H groups in total. The molecule has 152 valence electrons. The van der Waals surface area contributed by atoms with Crippen molar-refractivity contribution in [3.63, 3.8) is 0 Å². The van der Waals surface area contributed by atoms with Crippen molar-refractivity contribution < 1.29 is 4.79 Å². The number of hydrogen-bond donors (Lipinski definition) is 1. The summed E-state index contributed by atoms with van der Waals surface area (Å²) in [4.78, 5) is 25.6. The molecule has 2 heterocycles. The number of hydrogen-bond acceptors (Lipinski definition) is 4. The monoisotopic (exact) mass is 421 g/mol. The Bertz CT molecular complexity index is 1290. The van der Waals surface area contributed by atoms with E-state index in [2.05, 4.69) is 22.4 Å². The quantitative estimate of drug-likeness (QED) is 0.532. The molecule has 0 spiro atoms. The summed E-state index contributed by atoms with van der Waals surface area (Å²) < 4.78 is 2.69. The molecule has 0 saturated heterocycles. The summed E-state index contributed by atoms with van der Waals surface area (Å²) in [5, 5.41) is 12.6. The van der Waals surface area contributed by atoms with Crippen molar-refractivity contribution >= 4 is 34.1 Å². The molecule has 0 aliphatic carbocycles. The van der Waals surface area contributed by atoms with Crippen molar-refractivity contribution in [2.45, 2.75) is 26.8 Å². The third kappa shape index (κ3) is 3.84. The maximum absolute atomic E-state index is 13.1. The number of carbonyl (C=O) groups is 1. The molecular weight excluding hydrogens is 402 g/mol. The molecule has 0 fully saturated rings. The zero-order valence-electron chi connectivity index (χ0n) is 16.6. The third-order valence-corrected chi connectivity index (χ3v) is 5.09. The summed E-state index contributed by atoms with van der Waals surface area (Å²) >= 11 is 6.09. The minimum Gasteiger partial charge on any atom is -0.324 e. The predicted octanol–water partition coefficient (Wildman–Crippen LogP) is 3.75. The lowest BCUT2D eigenvalue weighted by Gasteiger charge is -2.10. The molecule has 0 aliphatic heterocycles. The lowest BCUT2D eigenvalue weighted by molar-refractivity contribution is -0.117. The Kier molecular flexibility index (Phi) is 5.37. The summed E-state index contributed by atoms with van der Waals surface area (Å²) in [6.07, 6.45) is 2.52. The Morgan fingerprint density at radius 3 is 2.63 bits per heavy atom. The topological polar surface area (TPSA) is 81.8 Å². The van der Waals surface area contributed by atoms with Crippen LogP contribution in [0.15, 0.2) is 59.5 Å². The Labute approximate surface area is 177 Å². The molecule has 0 saturated carbocycles. The van der Waals surface area contributed by atoms with Crippen LogP contribution in [-0.2, 0) is 17.8 Å². The highest BCUT2D eigenvalue weighted by Crippen LogP contribution is 2.19. The van der Waals surface area contributed by atoms with Gasteiger partial charge in [0.1, 0.15) is 12.1 Å². The second kappa shape index (κ2) is 8.12. The molecule has 4 rings (SSSR count). The Morgan fingerprint density at radius 2 is 1.93 bits per heavy atom. The van der Waals surface area contributed by atoms with Gasteiger partial charge in [0, 0.05) is 16.1 Å². The number of nitrogens with one attached hydrogen (secondary N) is 1. The fourth-order valence-corrected chi connectivity index (χ4v) is 3.48. The lowest BCUT2D eigenvalue weighted by atomic mass is 10.1. The van der Waals surface area contributed by atoms with Crippen LogP contribution in [0.25, 0.3) is 16.6 Å². The maximum atomic E-state index is 13.1.